The Kier molecular flexibility index (Phi) is 4.38. The second-order valence-corrected chi connectivity index (χ2v) is 4.47. The van der Waals surface area contributed by atoms with Crippen LogP contribution in [-0.4, -0.2) is 19.0 Å². The van der Waals surface area contributed by atoms with Crippen molar-refractivity contribution in [3.05, 3.63) is 34.9 Å². The zero-order chi connectivity index (χ0) is 12.8. The third-order valence-corrected chi connectivity index (χ3v) is 3.14. The number of carbonyl (C=O) groups is 1. The molecule has 3 heteroatoms. The lowest BCUT2D eigenvalue weighted by Gasteiger charge is -2.17. The summed E-state index contributed by atoms with van der Waals surface area (Å²) in [5, 5.41) is 6.20. The van der Waals surface area contributed by atoms with Crippen LogP contribution in [0.3, 0.4) is 0 Å². The molecule has 0 aromatic heterocycles. The van der Waals surface area contributed by atoms with Crippen LogP contribution in [0.15, 0.2) is 18.2 Å². The SMILES string of the molecule is C#CCCCNC(=O)c1ccc2c(c1)CNCC2. The molecule has 2 rings (SSSR count). The predicted octanol–water partition coefficient (Wildman–Crippen LogP) is 1.48. The molecule has 0 saturated carbocycles. The molecule has 0 spiro atoms. The number of hydrogen-bond acceptors (Lipinski definition) is 2. The van der Waals surface area contributed by atoms with Crippen LogP contribution >= 0.6 is 0 Å². The van der Waals surface area contributed by atoms with E-state index in [1.54, 1.807) is 0 Å². The van der Waals surface area contributed by atoms with Gasteiger partial charge in [-0.3, -0.25) is 4.79 Å². The molecule has 0 bridgehead atoms. The summed E-state index contributed by atoms with van der Waals surface area (Å²) in [6, 6.07) is 5.95. The van der Waals surface area contributed by atoms with Crippen LogP contribution < -0.4 is 10.6 Å². The number of rotatable bonds is 4. The second kappa shape index (κ2) is 6.23. The van der Waals surface area contributed by atoms with E-state index in [1.807, 2.05) is 12.1 Å². The molecule has 0 saturated heterocycles. The lowest BCUT2D eigenvalue weighted by atomic mass is 9.98. The third kappa shape index (κ3) is 3.12. The first-order valence-corrected chi connectivity index (χ1v) is 6.35. The van der Waals surface area contributed by atoms with Crippen molar-refractivity contribution >= 4 is 5.91 Å². The van der Waals surface area contributed by atoms with Gasteiger partial charge in [0.25, 0.3) is 5.91 Å². The van der Waals surface area contributed by atoms with Gasteiger partial charge in [0.1, 0.15) is 0 Å². The quantitative estimate of drug-likeness (QED) is 0.620. The van der Waals surface area contributed by atoms with Crippen molar-refractivity contribution in [1.29, 1.82) is 0 Å². The number of nitrogens with one attached hydrogen (secondary N) is 2. The molecule has 0 fully saturated rings. The Morgan fingerprint density at radius 2 is 2.33 bits per heavy atom. The van der Waals surface area contributed by atoms with E-state index in [-0.39, 0.29) is 5.91 Å². The van der Waals surface area contributed by atoms with Gasteiger partial charge in [-0.2, -0.15) is 0 Å². The van der Waals surface area contributed by atoms with E-state index in [0.29, 0.717) is 13.0 Å². The summed E-state index contributed by atoms with van der Waals surface area (Å²) in [5.74, 6) is 2.55. The van der Waals surface area contributed by atoms with E-state index in [9.17, 15) is 4.79 Å². The van der Waals surface area contributed by atoms with Crippen LogP contribution in [0.5, 0.6) is 0 Å². The van der Waals surface area contributed by atoms with E-state index < -0.39 is 0 Å². The molecule has 0 radical (unpaired) electrons. The summed E-state index contributed by atoms with van der Waals surface area (Å²) >= 11 is 0. The fourth-order valence-corrected chi connectivity index (χ4v) is 2.12. The van der Waals surface area contributed by atoms with E-state index in [4.69, 9.17) is 6.42 Å². The van der Waals surface area contributed by atoms with Crippen molar-refractivity contribution in [2.45, 2.75) is 25.8 Å². The standard InChI is InChI=1S/C15H18N2O/c1-2-3-4-8-17-15(18)13-6-5-12-7-9-16-11-14(12)10-13/h1,5-6,10,16H,3-4,7-9,11H2,(H,17,18). The summed E-state index contributed by atoms with van der Waals surface area (Å²) in [7, 11) is 0. The van der Waals surface area contributed by atoms with Gasteiger partial charge < -0.3 is 10.6 Å². The summed E-state index contributed by atoms with van der Waals surface area (Å²) in [6.07, 6.45) is 7.74. The van der Waals surface area contributed by atoms with Gasteiger partial charge in [0, 0.05) is 25.1 Å². The lowest BCUT2D eigenvalue weighted by Crippen LogP contribution is -2.27. The number of carbonyl (C=O) groups excluding carboxylic acids is 1. The molecule has 0 atom stereocenters. The van der Waals surface area contributed by atoms with Gasteiger partial charge in [0.05, 0.1) is 0 Å². The van der Waals surface area contributed by atoms with Crippen molar-refractivity contribution in [3.63, 3.8) is 0 Å². The number of fused-ring (bicyclic) bond motifs is 1. The van der Waals surface area contributed by atoms with Crippen LogP contribution in [0.1, 0.15) is 34.3 Å². The molecule has 3 nitrogen and oxygen atoms in total. The molecule has 18 heavy (non-hydrogen) atoms. The molecular weight excluding hydrogens is 224 g/mol. The minimum Gasteiger partial charge on any atom is -0.352 e. The van der Waals surface area contributed by atoms with Gasteiger partial charge in [-0.05, 0) is 42.6 Å². The van der Waals surface area contributed by atoms with Crippen molar-refractivity contribution in [2.24, 2.45) is 0 Å². The topological polar surface area (TPSA) is 41.1 Å². The Balaban J connectivity index is 1.96. The molecule has 0 unspecified atom stereocenters. The van der Waals surface area contributed by atoms with Crippen LogP contribution in [0.25, 0.3) is 0 Å². The number of terminal acetylenes is 1. The average molecular weight is 242 g/mol. The first-order chi connectivity index (χ1) is 8.81. The molecule has 2 N–H and O–H groups in total. The third-order valence-electron chi connectivity index (χ3n) is 3.14. The highest BCUT2D eigenvalue weighted by atomic mass is 16.1. The molecule has 1 aliphatic rings. The number of amides is 1. The number of hydrogen-bond donors (Lipinski definition) is 2. The molecule has 1 amide bonds. The molecule has 94 valence electrons. The normalized spacial score (nSPS) is 13.5. The second-order valence-electron chi connectivity index (χ2n) is 4.47. The average Bonchev–Trinajstić information content (AvgIpc) is 2.43. The first-order valence-electron chi connectivity index (χ1n) is 6.35. The van der Waals surface area contributed by atoms with Gasteiger partial charge in [-0.1, -0.05) is 6.07 Å². The van der Waals surface area contributed by atoms with Gasteiger partial charge in [-0.15, -0.1) is 12.3 Å². The summed E-state index contributed by atoms with van der Waals surface area (Å²) in [4.78, 5) is 11.9. The molecule has 0 aliphatic carbocycles. The van der Waals surface area contributed by atoms with Gasteiger partial charge in [-0.25, -0.2) is 0 Å². The highest BCUT2D eigenvalue weighted by molar-refractivity contribution is 5.94. The Hall–Kier alpha value is -1.79. The number of benzene rings is 1. The van der Waals surface area contributed by atoms with E-state index in [1.165, 1.54) is 11.1 Å². The number of unbranched alkanes of at least 4 members (excludes halogenated alkanes) is 1. The largest absolute Gasteiger partial charge is 0.352 e. The maximum atomic E-state index is 11.9. The Morgan fingerprint density at radius 1 is 1.44 bits per heavy atom. The highest BCUT2D eigenvalue weighted by Gasteiger charge is 2.11. The predicted molar refractivity (Wildman–Crippen MR) is 72.3 cm³/mol. The summed E-state index contributed by atoms with van der Waals surface area (Å²) in [5.41, 5.74) is 3.31. The molecule has 1 aromatic carbocycles. The van der Waals surface area contributed by atoms with Crippen molar-refractivity contribution in [2.75, 3.05) is 13.1 Å². The minimum absolute atomic E-state index is 0.0135. The van der Waals surface area contributed by atoms with E-state index >= 15 is 0 Å². The van der Waals surface area contributed by atoms with Crippen molar-refractivity contribution < 1.29 is 4.79 Å². The fourth-order valence-electron chi connectivity index (χ4n) is 2.12. The highest BCUT2D eigenvalue weighted by Crippen LogP contribution is 2.15. The smallest absolute Gasteiger partial charge is 0.251 e. The van der Waals surface area contributed by atoms with Gasteiger partial charge in [0.2, 0.25) is 0 Å². The van der Waals surface area contributed by atoms with Crippen LogP contribution in [-0.2, 0) is 13.0 Å². The van der Waals surface area contributed by atoms with Crippen LogP contribution in [0, 0.1) is 12.3 Å². The Bertz CT molecular complexity index is 474. The maximum Gasteiger partial charge on any atom is 0.251 e. The van der Waals surface area contributed by atoms with E-state index in [0.717, 1.165) is 31.5 Å². The maximum absolute atomic E-state index is 11.9. The molecule has 1 heterocycles. The first kappa shape index (κ1) is 12.7. The van der Waals surface area contributed by atoms with Crippen molar-refractivity contribution in [1.82, 2.24) is 10.6 Å². The van der Waals surface area contributed by atoms with Crippen LogP contribution in [0.2, 0.25) is 0 Å². The summed E-state index contributed by atoms with van der Waals surface area (Å²) in [6.45, 7) is 2.51. The van der Waals surface area contributed by atoms with Gasteiger partial charge in [0.15, 0.2) is 0 Å². The molecule has 1 aliphatic heterocycles. The lowest BCUT2D eigenvalue weighted by molar-refractivity contribution is 0.0953. The molecular formula is C15H18N2O. The van der Waals surface area contributed by atoms with E-state index in [2.05, 4.69) is 22.6 Å². The zero-order valence-electron chi connectivity index (χ0n) is 10.5. The monoisotopic (exact) mass is 242 g/mol. The summed E-state index contributed by atoms with van der Waals surface area (Å²) < 4.78 is 0. The Labute approximate surface area is 108 Å². The molecule has 1 aromatic rings. The van der Waals surface area contributed by atoms with Gasteiger partial charge >= 0.3 is 0 Å². The Morgan fingerprint density at radius 3 is 3.17 bits per heavy atom. The van der Waals surface area contributed by atoms with Crippen molar-refractivity contribution in [3.8, 4) is 12.3 Å². The fraction of sp³-hybridized carbons (Fsp3) is 0.400. The minimum atomic E-state index is -0.0135. The zero-order valence-corrected chi connectivity index (χ0v) is 10.5. The van der Waals surface area contributed by atoms with Crippen LogP contribution in [0.4, 0.5) is 0 Å².